The lowest BCUT2D eigenvalue weighted by Crippen LogP contribution is -2.45. The van der Waals surface area contributed by atoms with Gasteiger partial charge in [-0.15, -0.1) is 11.3 Å². The number of rotatable bonds is 5. The first-order valence-electron chi connectivity index (χ1n) is 10.3. The average Bonchev–Trinajstić information content (AvgIpc) is 3.17. The monoisotopic (exact) mass is 399 g/mol. The van der Waals surface area contributed by atoms with Gasteiger partial charge in [-0.05, 0) is 36.5 Å². The van der Waals surface area contributed by atoms with Gasteiger partial charge in [0.1, 0.15) is 0 Å². The Hall–Kier alpha value is -1.76. The molecule has 2 aliphatic heterocycles. The van der Waals surface area contributed by atoms with Crippen LogP contribution in [0.4, 0.5) is 0 Å². The second-order valence-electron chi connectivity index (χ2n) is 7.68. The predicted octanol–water partition coefficient (Wildman–Crippen LogP) is 3.51. The molecule has 0 bridgehead atoms. The molecular weight excluding hydrogens is 370 g/mol. The Kier molecular flexibility index (Phi) is 6.09. The molecule has 1 fully saturated rings. The van der Waals surface area contributed by atoms with Crippen LogP contribution in [-0.4, -0.2) is 53.0 Å². The molecule has 2 aromatic rings. The van der Waals surface area contributed by atoms with E-state index >= 15 is 0 Å². The second-order valence-corrected chi connectivity index (χ2v) is 8.64. The van der Waals surface area contributed by atoms with Gasteiger partial charge in [0.15, 0.2) is 0 Å². The molecule has 28 heavy (non-hydrogen) atoms. The molecule has 4 heterocycles. The molecule has 0 N–H and O–H groups in total. The zero-order valence-electron chi connectivity index (χ0n) is 16.8. The van der Waals surface area contributed by atoms with Gasteiger partial charge >= 0.3 is 0 Å². The first-order chi connectivity index (χ1) is 13.7. The molecule has 0 aliphatic carbocycles. The largest absolute Gasteiger partial charge is 0.375 e. The summed E-state index contributed by atoms with van der Waals surface area (Å²) in [6.07, 6.45) is 5.07. The minimum atomic E-state index is 0.175. The summed E-state index contributed by atoms with van der Waals surface area (Å²) in [5.74, 6) is 0.185. The summed E-state index contributed by atoms with van der Waals surface area (Å²) in [7, 11) is 0. The van der Waals surface area contributed by atoms with Gasteiger partial charge in [-0.25, -0.2) is 0 Å². The molecule has 5 nitrogen and oxygen atoms in total. The van der Waals surface area contributed by atoms with Crippen LogP contribution in [0.1, 0.15) is 52.3 Å². The van der Waals surface area contributed by atoms with E-state index < -0.39 is 0 Å². The van der Waals surface area contributed by atoms with Crippen molar-refractivity contribution in [2.45, 2.75) is 52.3 Å². The maximum Gasteiger partial charge on any atom is 0.255 e. The molecule has 0 spiro atoms. The van der Waals surface area contributed by atoms with Crippen molar-refractivity contribution in [3.05, 3.63) is 51.0 Å². The van der Waals surface area contributed by atoms with E-state index in [0.717, 1.165) is 50.2 Å². The molecule has 6 heteroatoms. The number of nitrogens with zero attached hydrogens (tertiary/aromatic N) is 3. The number of ether oxygens (including phenoxy) is 1. The van der Waals surface area contributed by atoms with Crippen LogP contribution in [0.5, 0.6) is 0 Å². The number of pyridine rings is 1. The minimum absolute atomic E-state index is 0.175. The third kappa shape index (κ3) is 4.14. The van der Waals surface area contributed by atoms with Crippen molar-refractivity contribution < 1.29 is 9.53 Å². The Balaban J connectivity index is 1.42. The van der Waals surface area contributed by atoms with Crippen LogP contribution in [0.3, 0.4) is 0 Å². The number of carbonyl (C=O) groups is 1. The van der Waals surface area contributed by atoms with Crippen LogP contribution in [-0.2, 0) is 30.7 Å². The van der Waals surface area contributed by atoms with Crippen LogP contribution in [0, 0.1) is 0 Å². The van der Waals surface area contributed by atoms with Gasteiger partial charge in [-0.2, -0.15) is 0 Å². The zero-order chi connectivity index (χ0) is 19.5. The van der Waals surface area contributed by atoms with E-state index in [2.05, 4.69) is 41.2 Å². The highest BCUT2D eigenvalue weighted by atomic mass is 32.1. The number of carbonyl (C=O) groups excluding carboxylic acids is 1. The summed E-state index contributed by atoms with van der Waals surface area (Å²) in [6, 6.07) is 4.31. The molecule has 2 aliphatic rings. The van der Waals surface area contributed by atoms with E-state index in [-0.39, 0.29) is 12.0 Å². The summed E-state index contributed by atoms with van der Waals surface area (Å²) in [5.41, 5.74) is 4.58. The van der Waals surface area contributed by atoms with Gasteiger partial charge in [-0.3, -0.25) is 14.7 Å². The second kappa shape index (κ2) is 8.72. The Morgan fingerprint density at radius 1 is 1.32 bits per heavy atom. The quantitative estimate of drug-likeness (QED) is 0.772. The van der Waals surface area contributed by atoms with Gasteiger partial charge in [0.2, 0.25) is 0 Å². The summed E-state index contributed by atoms with van der Waals surface area (Å²) in [4.78, 5) is 23.4. The third-order valence-electron chi connectivity index (χ3n) is 5.82. The SMILES string of the molecule is CCc1ccc(CN2CCc3c(C(=O)N4CCO[C@@H](CC)C4)csc3C2)nc1. The Labute approximate surface area is 171 Å². The van der Waals surface area contributed by atoms with E-state index in [1.807, 2.05) is 11.1 Å². The fourth-order valence-corrected chi connectivity index (χ4v) is 5.12. The van der Waals surface area contributed by atoms with Gasteiger partial charge in [0.05, 0.1) is 24.0 Å². The maximum absolute atomic E-state index is 13.1. The van der Waals surface area contributed by atoms with Crippen LogP contribution in [0.25, 0.3) is 0 Å². The summed E-state index contributed by atoms with van der Waals surface area (Å²) < 4.78 is 5.72. The lowest BCUT2D eigenvalue weighted by molar-refractivity contribution is -0.0226. The fraction of sp³-hybridized carbons (Fsp3) is 0.545. The van der Waals surface area contributed by atoms with Crippen LogP contribution in [0.2, 0.25) is 0 Å². The van der Waals surface area contributed by atoms with E-state index in [1.54, 1.807) is 11.3 Å². The van der Waals surface area contributed by atoms with E-state index in [9.17, 15) is 4.79 Å². The highest BCUT2D eigenvalue weighted by Crippen LogP contribution is 2.30. The van der Waals surface area contributed by atoms with Crippen molar-refractivity contribution in [3.63, 3.8) is 0 Å². The lowest BCUT2D eigenvalue weighted by Gasteiger charge is -2.33. The lowest BCUT2D eigenvalue weighted by atomic mass is 10.0. The number of amides is 1. The van der Waals surface area contributed by atoms with E-state index in [0.29, 0.717) is 19.7 Å². The smallest absolute Gasteiger partial charge is 0.255 e. The Morgan fingerprint density at radius 3 is 2.96 bits per heavy atom. The number of aromatic nitrogens is 1. The number of fused-ring (bicyclic) bond motifs is 1. The topological polar surface area (TPSA) is 45.7 Å². The first kappa shape index (κ1) is 19.6. The van der Waals surface area contributed by atoms with Crippen LogP contribution < -0.4 is 0 Å². The minimum Gasteiger partial charge on any atom is -0.375 e. The van der Waals surface area contributed by atoms with Crippen LogP contribution >= 0.6 is 11.3 Å². The summed E-state index contributed by atoms with van der Waals surface area (Å²) in [5, 5.41) is 2.07. The number of hydrogen-bond acceptors (Lipinski definition) is 5. The standard InChI is InChI=1S/C22H29N3O2S/c1-3-16-5-6-17(23-11-16)12-24-8-7-19-20(15-28-21(19)14-24)22(26)25-9-10-27-18(4-2)13-25/h5-6,11,15,18H,3-4,7-10,12-14H2,1-2H3/t18-/m0/s1. The Bertz CT molecular complexity index is 818. The highest BCUT2D eigenvalue weighted by Gasteiger charge is 2.29. The van der Waals surface area contributed by atoms with Crippen molar-refractivity contribution in [2.75, 3.05) is 26.2 Å². The molecule has 0 saturated carbocycles. The number of thiophene rings is 1. The van der Waals surface area contributed by atoms with Crippen molar-refractivity contribution in [1.29, 1.82) is 0 Å². The molecule has 150 valence electrons. The molecule has 1 amide bonds. The van der Waals surface area contributed by atoms with Gasteiger partial charge in [0.25, 0.3) is 5.91 Å². The van der Waals surface area contributed by atoms with Crippen molar-refractivity contribution in [1.82, 2.24) is 14.8 Å². The van der Waals surface area contributed by atoms with Crippen molar-refractivity contribution in [3.8, 4) is 0 Å². The van der Waals surface area contributed by atoms with Crippen molar-refractivity contribution >= 4 is 17.2 Å². The number of morpholine rings is 1. The van der Waals surface area contributed by atoms with Gasteiger partial charge in [-0.1, -0.05) is 19.9 Å². The fourth-order valence-electron chi connectivity index (χ4n) is 4.00. The van der Waals surface area contributed by atoms with Gasteiger partial charge < -0.3 is 9.64 Å². The van der Waals surface area contributed by atoms with Crippen molar-refractivity contribution in [2.24, 2.45) is 0 Å². The van der Waals surface area contributed by atoms with E-state index in [4.69, 9.17) is 4.74 Å². The highest BCUT2D eigenvalue weighted by molar-refractivity contribution is 7.10. The molecule has 1 saturated heterocycles. The molecule has 0 radical (unpaired) electrons. The number of hydrogen-bond donors (Lipinski definition) is 0. The zero-order valence-corrected chi connectivity index (χ0v) is 17.6. The number of aryl methyl sites for hydroxylation is 1. The molecular formula is C22H29N3O2S. The third-order valence-corrected chi connectivity index (χ3v) is 6.83. The Morgan fingerprint density at radius 2 is 2.21 bits per heavy atom. The molecule has 0 aromatic carbocycles. The normalized spacial score (nSPS) is 20.2. The maximum atomic E-state index is 13.1. The summed E-state index contributed by atoms with van der Waals surface area (Å²) in [6.45, 7) is 9.08. The molecule has 1 atom stereocenters. The molecule has 4 rings (SSSR count). The van der Waals surface area contributed by atoms with E-state index in [1.165, 1.54) is 16.0 Å². The molecule has 2 aromatic heterocycles. The van der Waals surface area contributed by atoms with Crippen LogP contribution in [0.15, 0.2) is 23.7 Å². The average molecular weight is 400 g/mol. The predicted molar refractivity (Wildman–Crippen MR) is 112 cm³/mol. The molecule has 0 unspecified atom stereocenters. The summed E-state index contributed by atoms with van der Waals surface area (Å²) >= 11 is 1.73. The first-order valence-corrected chi connectivity index (χ1v) is 11.2. The van der Waals surface area contributed by atoms with Gasteiger partial charge in [0, 0.05) is 49.2 Å².